The summed E-state index contributed by atoms with van der Waals surface area (Å²) >= 11 is 0. The molecular weight excluding hydrogens is 419 g/mol. The number of hydrogen-bond acceptors (Lipinski definition) is 4. The van der Waals surface area contributed by atoms with Crippen LogP contribution >= 0.6 is 12.4 Å². The molecule has 0 amide bonds. The minimum absolute atomic E-state index is 0. The average molecular weight is 444 g/mol. The van der Waals surface area contributed by atoms with Gasteiger partial charge in [-0.15, -0.1) is 12.4 Å². The molecule has 0 saturated heterocycles. The molecule has 4 nitrogen and oxygen atoms in total. The van der Waals surface area contributed by atoms with Crippen molar-refractivity contribution in [2.24, 2.45) is 0 Å². The van der Waals surface area contributed by atoms with Crippen molar-refractivity contribution in [3.05, 3.63) is 76.9 Å². The molecule has 0 aliphatic rings. The molecule has 0 unspecified atom stereocenters. The highest BCUT2D eigenvalue weighted by Crippen LogP contribution is 2.30. The molecule has 0 spiro atoms. The molecule has 0 aromatic heterocycles. The zero-order valence-electron chi connectivity index (χ0n) is 16.6. The summed E-state index contributed by atoms with van der Waals surface area (Å²) in [4.78, 5) is 11.1. The standard InChI is InChI=1S/C22H24F3NO3.ClH/c1-15(12-17-8-6-16(7-9-17)10-11-21(28)29-2)26-14-20(27)18-4-3-5-19(13-18)22(23,24)25;/h3-11,13,15,20,26-27H,12,14H2,1-2H3;1H/b11-10+;/t15-,20+;/m1./s1. The fourth-order valence-corrected chi connectivity index (χ4v) is 2.78. The van der Waals surface area contributed by atoms with E-state index in [2.05, 4.69) is 10.1 Å². The highest BCUT2D eigenvalue weighted by atomic mass is 35.5. The van der Waals surface area contributed by atoms with E-state index >= 15 is 0 Å². The van der Waals surface area contributed by atoms with Gasteiger partial charge in [0.2, 0.25) is 0 Å². The predicted molar refractivity (Wildman–Crippen MR) is 112 cm³/mol. The van der Waals surface area contributed by atoms with E-state index in [0.717, 1.165) is 23.3 Å². The highest BCUT2D eigenvalue weighted by molar-refractivity contribution is 5.86. The number of nitrogens with one attached hydrogen (secondary N) is 1. The number of carbonyl (C=O) groups is 1. The number of carbonyl (C=O) groups excluding carboxylic acids is 1. The number of ether oxygens (including phenoxy) is 1. The normalized spacial score (nSPS) is 13.5. The van der Waals surface area contributed by atoms with Gasteiger partial charge in [-0.3, -0.25) is 0 Å². The van der Waals surface area contributed by atoms with Gasteiger partial charge in [0, 0.05) is 18.7 Å². The average Bonchev–Trinajstić information content (AvgIpc) is 2.70. The molecule has 0 bridgehead atoms. The molecule has 2 aromatic carbocycles. The Morgan fingerprint density at radius 3 is 2.47 bits per heavy atom. The van der Waals surface area contributed by atoms with Crippen molar-refractivity contribution < 1.29 is 27.8 Å². The van der Waals surface area contributed by atoms with Gasteiger partial charge in [-0.1, -0.05) is 36.4 Å². The number of rotatable bonds is 8. The second-order valence-electron chi connectivity index (χ2n) is 6.75. The summed E-state index contributed by atoms with van der Waals surface area (Å²) in [5.74, 6) is -0.425. The van der Waals surface area contributed by atoms with Crippen LogP contribution in [0.25, 0.3) is 6.08 Å². The summed E-state index contributed by atoms with van der Waals surface area (Å²) in [5, 5.41) is 13.4. The molecule has 0 heterocycles. The van der Waals surface area contributed by atoms with E-state index in [1.165, 1.54) is 25.3 Å². The van der Waals surface area contributed by atoms with Crippen LogP contribution in [0.15, 0.2) is 54.6 Å². The number of aliphatic hydroxyl groups excluding tert-OH is 1. The number of alkyl halides is 3. The fourth-order valence-electron chi connectivity index (χ4n) is 2.78. The Morgan fingerprint density at radius 1 is 1.20 bits per heavy atom. The Labute approximate surface area is 180 Å². The van der Waals surface area contributed by atoms with Crippen LogP contribution in [0.3, 0.4) is 0 Å². The topological polar surface area (TPSA) is 58.6 Å². The first-order valence-corrected chi connectivity index (χ1v) is 9.12. The van der Waals surface area contributed by atoms with Crippen LogP contribution in [-0.4, -0.2) is 30.8 Å². The molecule has 2 atom stereocenters. The van der Waals surface area contributed by atoms with Crippen LogP contribution in [0.5, 0.6) is 0 Å². The fraction of sp³-hybridized carbons (Fsp3) is 0.318. The number of aliphatic hydroxyl groups is 1. The predicted octanol–water partition coefficient (Wildman–Crippen LogP) is 4.57. The molecule has 30 heavy (non-hydrogen) atoms. The van der Waals surface area contributed by atoms with Gasteiger partial charge >= 0.3 is 12.1 Å². The molecule has 2 aromatic rings. The highest BCUT2D eigenvalue weighted by Gasteiger charge is 2.30. The molecule has 0 saturated carbocycles. The van der Waals surface area contributed by atoms with Crippen molar-refractivity contribution in [1.82, 2.24) is 5.32 Å². The van der Waals surface area contributed by atoms with Crippen LogP contribution < -0.4 is 5.32 Å². The number of hydrogen-bond donors (Lipinski definition) is 2. The van der Waals surface area contributed by atoms with Gasteiger partial charge in [0.1, 0.15) is 0 Å². The third-order valence-electron chi connectivity index (χ3n) is 4.39. The van der Waals surface area contributed by atoms with Crippen molar-refractivity contribution in [3.63, 3.8) is 0 Å². The van der Waals surface area contributed by atoms with Gasteiger partial charge < -0.3 is 15.2 Å². The monoisotopic (exact) mass is 443 g/mol. The Kier molecular flexibility index (Phi) is 10.0. The van der Waals surface area contributed by atoms with Crippen molar-refractivity contribution in [2.45, 2.75) is 31.7 Å². The number of benzene rings is 2. The zero-order chi connectivity index (χ0) is 21.4. The maximum absolute atomic E-state index is 12.8. The third kappa shape index (κ3) is 8.18. The molecule has 2 rings (SSSR count). The van der Waals surface area contributed by atoms with Crippen LogP contribution in [0.1, 0.15) is 35.3 Å². The van der Waals surface area contributed by atoms with Crippen LogP contribution in [0.4, 0.5) is 13.2 Å². The maximum Gasteiger partial charge on any atom is 0.416 e. The van der Waals surface area contributed by atoms with Crippen molar-refractivity contribution in [1.29, 1.82) is 0 Å². The molecule has 0 fully saturated rings. The summed E-state index contributed by atoms with van der Waals surface area (Å²) in [6.07, 6.45) is -1.80. The lowest BCUT2D eigenvalue weighted by molar-refractivity contribution is -0.137. The SMILES string of the molecule is COC(=O)/C=C/c1ccc(C[C@@H](C)NC[C@H](O)c2cccc(C(F)(F)F)c2)cc1.Cl. The first-order valence-electron chi connectivity index (χ1n) is 9.12. The smallest absolute Gasteiger partial charge is 0.416 e. The Hall–Kier alpha value is -2.35. The van der Waals surface area contributed by atoms with E-state index < -0.39 is 23.8 Å². The minimum Gasteiger partial charge on any atom is -0.466 e. The van der Waals surface area contributed by atoms with Crippen LogP contribution in [0, 0.1) is 0 Å². The van der Waals surface area contributed by atoms with Crippen molar-refractivity contribution in [2.75, 3.05) is 13.7 Å². The Morgan fingerprint density at radius 2 is 1.87 bits per heavy atom. The molecule has 0 aliphatic heterocycles. The lowest BCUT2D eigenvalue weighted by atomic mass is 10.0. The Balaban J connectivity index is 0.00000450. The number of halogens is 4. The lowest BCUT2D eigenvalue weighted by Gasteiger charge is -2.18. The molecule has 0 radical (unpaired) electrons. The number of methoxy groups -OCH3 is 1. The van der Waals surface area contributed by atoms with E-state index in [0.29, 0.717) is 6.42 Å². The van der Waals surface area contributed by atoms with Gasteiger partial charge in [0.15, 0.2) is 0 Å². The quantitative estimate of drug-likeness (QED) is 0.463. The molecule has 164 valence electrons. The maximum atomic E-state index is 12.8. The van der Waals surface area contributed by atoms with E-state index in [1.54, 1.807) is 6.08 Å². The van der Waals surface area contributed by atoms with E-state index in [1.807, 2.05) is 31.2 Å². The van der Waals surface area contributed by atoms with Gasteiger partial charge in [-0.2, -0.15) is 13.2 Å². The van der Waals surface area contributed by atoms with Gasteiger partial charge in [-0.25, -0.2) is 4.79 Å². The summed E-state index contributed by atoms with van der Waals surface area (Å²) in [7, 11) is 1.31. The molecule has 2 N–H and O–H groups in total. The van der Waals surface area contributed by atoms with Crippen LogP contribution in [-0.2, 0) is 22.1 Å². The molecule has 0 aliphatic carbocycles. The second-order valence-corrected chi connectivity index (χ2v) is 6.75. The third-order valence-corrected chi connectivity index (χ3v) is 4.39. The van der Waals surface area contributed by atoms with E-state index in [-0.39, 0.29) is 30.6 Å². The van der Waals surface area contributed by atoms with Gasteiger partial charge in [0.05, 0.1) is 18.8 Å². The van der Waals surface area contributed by atoms with Crippen molar-refractivity contribution in [3.8, 4) is 0 Å². The van der Waals surface area contributed by atoms with E-state index in [9.17, 15) is 23.1 Å². The van der Waals surface area contributed by atoms with Crippen molar-refractivity contribution >= 4 is 24.5 Å². The first-order chi connectivity index (χ1) is 13.7. The van der Waals surface area contributed by atoms with Gasteiger partial charge in [-0.05, 0) is 48.2 Å². The summed E-state index contributed by atoms with van der Waals surface area (Å²) in [6.45, 7) is 2.08. The van der Waals surface area contributed by atoms with E-state index in [4.69, 9.17) is 0 Å². The number of esters is 1. The molecular formula is C22H25ClF3NO3. The lowest BCUT2D eigenvalue weighted by Crippen LogP contribution is -2.32. The zero-order valence-corrected chi connectivity index (χ0v) is 17.5. The van der Waals surface area contributed by atoms with Gasteiger partial charge in [0.25, 0.3) is 0 Å². The minimum atomic E-state index is -4.44. The second kappa shape index (κ2) is 11.7. The first kappa shape index (κ1) is 25.7. The van der Waals surface area contributed by atoms with Crippen LogP contribution in [0.2, 0.25) is 0 Å². The molecule has 8 heteroatoms. The largest absolute Gasteiger partial charge is 0.466 e. The summed E-state index contributed by atoms with van der Waals surface area (Å²) < 4.78 is 42.9. The summed E-state index contributed by atoms with van der Waals surface area (Å²) in [5.41, 5.74) is 1.36. The Bertz CT molecular complexity index is 838. The summed E-state index contributed by atoms with van der Waals surface area (Å²) in [6, 6.07) is 12.3.